The number of fused-ring (bicyclic) bond motifs is 3. The van der Waals surface area contributed by atoms with Crippen LogP contribution in [0.1, 0.15) is 33.0 Å². The molecule has 0 radical (unpaired) electrons. The highest BCUT2D eigenvalue weighted by molar-refractivity contribution is 6.23. The van der Waals surface area contributed by atoms with Gasteiger partial charge in [0.25, 0.3) is 11.2 Å². The molecule has 1 unspecified atom stereocenters. The zero-order valence-electron chi connectivity index (χ0n) is 16.6. The highest BCUT2D eigenvalue weighted by atomic mass is 16.6. The van der Waals surface area contributed by atoms with Gasteiger partial charge >= 0.3 is 5.69 Å². The zero-order chi connectivity index (χ0) is 22.0. The first-order valence-electron chi connectivity index (χ1n) is 9.50. The summed E-state index contributed by atoms with van der Waals surface area (Å²) in [7, 11) is 2.93. The lowest BCUT2D eigenvalue weighted by atomic mass is 9.81. The van der Waals surface area contributed by atoms with Gasteiger partial charge in [-0.25, -0.2) is 4.79 Å². The fourth-order valence-corrected chi connectivity index (χ4v) is 4.38. The maximum absolute atomic E-state index is 13.4. The van der Waals surface area contributed by atoms with E-state index in [1.807, 2.05) is 6.07 Å². The molecule has 0 fully saturated rings. The minimum absolute atomic E-state index is 0.0958. The van der Waals surface area contributed by atoms with E-state index in [1.165, 1.54) is 23.7 Å². The van der Waals surface area contributed by atoms with Crippen molar-refractivity contribution < 1.29 is 9.72 Å². The number of nitro groups is 1. The fraction of sp³-hybridized carbons (Fsp3) is 0.136. The second kappa shape index (κ2) is 6.36. The number of Topliss-reactive ketones (excluding diaryl/α,β-unsaturated/α-hetero) is 1. The molecule has 9 nitrogen and oxygen atoms in total. The van der Waals surface area contributed by atoms with E-state index in [9.17, 15) is 24.5 Å². The molecule has 1 aromatic heterocycles. The van der Waals surface area contributed by atoms with Gasteiger partial charge in [0.15, 0.2) is 5.78 Å². The van der Waals surface area contributed by atoms with Gasteiger partial charge in [0.1, 0.15) is 5.82 Å². The van der Waals surface area contributed by atoms with Crippen LogP contribution < -0.4 is 16.6 Å². The van der Waals surface area contributed by atoms with Gasteiger partial charge in [0.2, 0.25) is 0 Å². The number of nitrogens with zero attached hydrogens (tertiary/aromatic N) is 3. The Morgan fingerprint density at radius 3 is 2.23 bits per heavy atom. The summed E-state index contributed by atoms with van der Waals surface area (Å²) in [5.74, 6) is -0.694. The molecule has 0 saturated heterocycles. The van der Waals surface area contributed by atoms with Gasteiger partial charge in [-0.05, 0) is 5.56 Å². The quantitative estimate of drug-likeness (QED) is 0.506. The van der Waals surface area contributed by atoms with Gasteiger partial charge in [-0.3, -0.25) is 28.8 Å². The number of non-ortho nitro benzene ring substituents is 1. The highest BCUT2D eigenvalue weighted by Gasteiger charge is 2.42. The van der Waals surface area contributed by atoms with Crippen molar-refractivity contribution in [3.63, 3.8) is 0 Å². The maximum Gasteiger partial charge on any atom is 0.332 e. The standard InChI is InChI=1S/C22H16N4O5/c1-24-20-17(21(28)25(2)22(24)29)15(11-7-9-12(10-8-11)26(30)31)16-18(23-20)13-5-3-4-6-14(13)19(16)27/h3-10,15,23H,1-2H3. The summed E-state index contributed by atoms with van der Waals surface area (Å²) in [6.07, 6.45) is 0. The minimum Gasteiger partial charge on any atom is -0.340 e. The van der Waals surface area contributed by atoms with Crippen LogP contribution in [0.25, 0.3) is 5.70 Å². The first-order chi connectivity index (χ1) is 14.8. The lowest BCUT2D eigenvalue weighted by Crippen LogP contribution is -2.42. The molecule has 0 saturated carbocycles. The van der Waals surface area contributed by atoms with Gasteiger partial charge in [-0.2, -0.15) is 0 Å². The van der Waals surface area contributed by atoms with E-state index < -0.39 is 22.1 Å². The molecule has 9 heteroatoms. The summed E-state index contributed by atoms with van der Waals surface area (Å²) < 4.78 is 2.33. The van der Waals surface area contributed by atoms with Crippen molar-refractivity contribution in [1.29, 1.82) is 0 Å². The van der Waals surface area contributed by atoms with Gasteiger partial charge in [-0.15, -0.1) is 0 Å². The number of anilines is 1. The first-order valence-corrected chi connectivity index (χ1v) is 9.50. The summed E-state index contributed by atoms with van der Waals surface area (Å²) in [6, 6.07) is 12.9. The third-order valence-corrected chi connectivity index (χ3v) is 5.91. The monoisotopic (exact) mass is 416 g/mol. The summed E-state index contributed by atoms with van der Waals surface area (Å²) in [6.45, 7) is 0. The molecule has 0 amide bonds. The molecule has 3 aromatic rings. The van der Waals surface area contributed by atoms with Crippen molar-refractivity contribution in [2.24, 2.45) is 14.1 Å². The number of ketones is 1. The zero-order valence-corrected chi connectivity index (χ0v) is 16.6. The van der Waals surface area contributed by atoms with E-state index in [0.29, 0.717) is 33.8 Å². The molecule has 2 heterocycles. The second-order valence-electron chi connectivity index (χ2n) is 7.54. The minimum atomic E-state index is -0.780. The summed E-state index contributed by atoms with van der Waals surface area (Å²) in [4.78, 5) is 49.7. The fourth-order valence-electron chi connectivity index (χ4n) is 4.38. The lowest BCUT2D eigenvalue weighted by molar-refractivity contribution is -0.384. The number of aromatic nitrogens is 2. The average molecular weight is 416 g/mol. The van der Waals surface area contributed by atoms with E-state index >= 15 is 0 Å². The molecular weight excluding hydrogens is 400 g/mol. The van der Waals surface area contributed by atoms with Crippen LogP contribution in [0.15, 0.2) is 63.7 Å². The molecular formula is C22H16N4O5. The van der Waals surface area contributed by atoms with Crippen LogP contribution in [-0.4, -0.2) is 19.8 Å². The van der Waals surface area contributed by atoms with Crippen molar-refractivity contribution in [2.75, 3.05) is 5.32 Å². The van der Waals surface area contributed by atoms with Gasteiger partial charge in [0, 0.05) is 48.8 Å². The van der Waals surface area contributed by atoms with Crippen molar-refractivity contribution in [2.45, 2.75) is 5.92 Å². The largest absolute Gasteiger partial charge is 0.340 e. The summed E-state index contributed by atoms with van der Waals surface area (Å²) >= 11 is 0. The molecule has 1 N–H and O–H groups in total. The number of rotatable bonds is 2. The van der Waals surface area contributed by atoms with Crippen molar-refractivity contribution in [3.05, 3.63) is 107 Å². The SMILES string of the molecule is Cn1c2c(c(=O)n(C)c1=O)C(c1ccc([N+](=O)[O-])cc1)C1=C(N2)c2ccccc2C1=O. The molecule has 0 bridgehead atoms. The third kappa shape index (κ3) is 2.46. The van der Waals surface area contributed by atoms with Crippen LogP contribution in [0.5, 0.6) is 0 Å². The molecule has 1 aliphatic heterocycles. The number of allylic oxidation sites excluding steroid dienone is 1. The predicted octanol–water partition coefficient (Wildman–Crippen LogP) is 2.16. The van der Waals surface area contributed by atoms with Crippen LogP contribution in [0.4, 0.5) is 11.5 Å². The number of hydrogen-bond donors (Lipinski definition) is 1. The third-order valence-electron chi connectivity index (χ3n) is 5.91. The Kier molecular flexibility index (Phi) is 3.85. The normalized spacial score (nSPS) is 16.5. The number of hydrogen-bond acceptors (Lipinski definition) is 6. The van der Waals surface area contributed by atoms with Crippen LogP contribution >= 0.6 is 0 Å². The maximum atomic E-state index is 13.4. The molecule has 2 aliphatic rings. The number of benzene rings is 2. The molecule has 1 aliphatic carbocycles. The van der Waals surface area contributed by atoms with E-state index in [2.05, 4.69) is 5.32 Å². The van der Waals surface area contributed by atoms with Gasteiger partial charge < -0.3 is 5.32 Å². The molecule has 2 aromatic carbocycles. The van der Waals surface area contributed by atoms with E-state index in [-0.39, 0.29) is 17.0 Å². The molecule has 5 rings (SSSR count). The molecule has 0 spiro atoms. The Bertz CT molecular complexity index is 1460. The van der Waals surface area contributed by atoms with E-state index in [0.717, 1.165) is 4.57 Å². The van der Waals surface area contributed by atoms with E-state index in [1.54, 1.807) is 37.4 Å². The van der Waals surface area contributed by atoms with E-state index in [4.69, 9.17) is 0 Å². The summed E-state index contributed by atoms with van der Waals surface area (Å²) in [5, 5.41) is 14.2. The van der Waals surface area contributed by atoms with Crippen LogP contribution in [0.2, 0.25) is 0 Å². The van der Waals surface area contributed by atoms with Crippen molar-refractivity contribution in [1.82, 2.24) is 9.13 Å². The van der Waals surface area contributed by atoms with Gasteiger partial charge in [-0.1, -0.05) is 36.4 Å². The molecule has 1 atom stereocenters. The Morgan fingerprint density at radius 2 is 1.58 bits per heavy atom. The number of nitro benzene ring substituents is 1. The van der Waals surface area contributed by atoms with Crippen LogP contribution in [0, 0.1) is 10.1 Å². The Balaban J connectivity index is 1.85. The second-order valence-corrected chi connectivity index (χ2v) is 7.54. The molecule has 154 valence electrons. The molecule has 31 heavy (non-hydrogen) atoms. The smallest absolute Gasteiger partial charge is 0.332 e. The topological polar surface area (TPSA) is 116 Å². The number of carbonyl (C=O) groups is 1. The average Bonchev–Trinajstić information content (AvgIpc) is 3.07. The Hall–Kier alpha value is -4.27. The van der Waals surface area contributed by atoms with Crippen molar-refractivity contribution in [3.8, 4) is 0 Å². The Labute approximate surface area is 175 Å². The highest BCUT2D eigenvalue weighted by Crippen LogP contribution is 2.47. The summed E-state index contributed by atoms with van der Waals surface area (Å²) in [5.41, 5.74) is 1.80. The number of carbonyl (C=O) groups excluding carboxylic acids is 1. The van der Waals surface area contributed by atoms with Gasteiger partial charge in [0.05, 0.1) is 16.2 Å². The van der Waals surface area contributed by atoms with Crippen molar-refractivity contribution >= 4 is 23.0 Å². The predicted molar refractivity (Wildman–Crippen MR) is 113 cm³/mol. The first kappa shape index (κ1) is 18.7. The van der Waals surface area contributed by atoms with Crippen LogP contribution in [-0.2, 0) is 14.1 Å². The lowest BCUT2D eigenvalue weighted by Gasteiger charge is -2.29. The van der Waals surface area contributed by atoms with Crippen LogP contribution in [0.3, 0.4) is 0 Å². The number of nitrogens with one attached hydrogen (secondary N) is 1. The Morgan fingerprint density at radius 1 is 0.935 bits per heavy atom.